The maximum atomic E-state index is 12.9. The van der Waals surface area contributed by atoms with E-state index in [1.165, 1.54) is 0 Å². The minimum Gasteiger partial charge on any atom is -0.457 e. The number of carbonyl (C=O) groups is 1. The van der Waals surface area contributed by atoms with Gasteiger partial charge in [0.2, 0.25) is 0 Å². The van der Waals surface area contributed by atoms with Gasteiger partial charge in [0.1, 0.15) is 30.5 Å². The SMILES string of the molecule is CC/C=C\C/C=C\C/C=C\C/C=C\C/C=C\C/C=C\C/C=C\CCCCCC(=O)OC(COCCC/C=C\C/C=C\C/C=C\C/C=C\C/C=C\C/C=C\CC)COC1OC(CO)C(O)C(OS(=O)(=O)O)C1O. The second-order valence-electron chi connectivity index (χ2n) is 17.0. The molecule has 0 bridgehead atoms. The number of carbonyl (C=O) groups excluding carboxylic acids is 1. The van der Waals surface area contributed by atoms with Crippen LogP contribution in [0.2, 0.25) is 0 Å². The van der Waals surface area contributed by atoms with Crippen LogP contribution in [0.15, 0.2) is 158 Å². The molecule has 1 fully saturated rings. The lowest BCUT2D eigenvalue weighted by Gasteiger charge is -2.41. The summed E-state index contributed by atoms with van der Waals surface area (Å²) in [6.07, 6.45) is 64.2. The van der Waals surface area contributed by atoms with Gasteiger partial charge in [-0.3, -0.25) is 9.35 Å². The van der Waals surface area contributed by atoms with E-state index in [1.807, 2.05) is 0 Å². The van der Waals surface area contributed by atoms with Gasteiger partial charge in [-0.2, -0.15) is 8.42 Å². The van der Waals surface area contributed by atoms with Crippen molar-refractivity contribution in [3.8, 4) is 0 Å². The van der Waals surface area contributed by atoms with Crippen LogP contribution in [0.5, 0.6) is 0 Å². The molecule has 0 aromatic heterocycles. The van der Waals surface area contributed by atoms with Crippen molar-refractivity contribution in [2.24, 2.45) is 0 Å². The molecule has 1 saturated heterocycles. The highest BCUT2D eigenvalue weighted by Gasteiger charge is 2.48. The monoisotopic (exact) mass is 1020 g/mol. The predicted molar refractivity (Wildman–Crippen MR) is 293 cm³/mol. The lowest BCUT2D eigenvalue weighted by atomic mass is 9.99. The van der Waals surface area contributed by atoms with Crippen molar-refractivity contribution in [2.45, 2.75) is 179 Å². The lowest BCUT2D eigenvalue weighted by Crippen LogP contribution is -2.60. The highest BCUT2D eigenvalue weighted by molar-refractivity contribution is 7.80. The molecule has 12 nitrogen and oxygen atoms in total. The van der Waals surface area contributed by atoms with Gasteiger partial charge in [-0.25, -0.2) is 4.18 Å². The first kappa shape index (κ1) is 65.7. The van der Waals surface area contributed by atoms with Crippen LogP contribution in [0.3, 0.4) is 0 Å². The maximum Gasteiger partial charge on any atom is 0.397 e. The quantitative estimate of drug-likeness (QED) is 0.0197. The second-order valence-corrected chi connectivity index (χ2v) is 18.0. The third-order valence-corrected chi connectivity index (χ3v) is 11.1. The molecule has 1 heterocycles. The summed E-state index contributed by atoms with van der Waals surface area (Å²) in [5.74, 6) is -0.459. The largest absolute Gasteiger partial charge is 0.457 e. The van der Waals surface area contributed by atoms with Crippen molar-refractivity contribution in [2.75, 3.05) is 26.4 Å². The minimum atomic E-state index is -5.09. The van der Waals surface area contributed by atoms with Crippen molar-refractivity contribution in [1.29, 1.82) is 0 Å². The van der Waals surface area contributed by atoms with Crippen molar-refractivity contribution in [3.05, 3.63) is 158 Å². The number of rotatable bonds is 43. The van der Waals surface area contributed by atoms with E-state index in [2.05, 4.69) is 176 Å². The van der Waals surface area contributed by atoms with Crippen LogP contribution in [-0.2, 0) is 38.3 Å². The van der Waals surface area contributed by atoms with Crippen LogP contribution in [0.25, 0.3) is 0 Å². The van der Waals surface area contributed by atoms with E-state index in [0.717, 1.165) is 109 Å². The predicted octanol–water partition coefficient (Wildman–Crippen LogP) is 12.6. The van der Waals surface area contributed by atoms with Crippen LogP contribution >= 0.6 is 0 Å². The summed E-state index contributed by atoms with van der Waals surface area (Å²) in [6.45, 7) is 3.53. The van der Waals surface area contributed by atoms with Crippen molar-refractivity contribution in [3.63, 3.8) is 0 Å². The molecule has 0 aromatic rings. The number of esters is 1. The lowest BCUT2D eigenvalue weighted by molar-refractivity contribution is -0.301. The van der Waals surface area contributed by atoms with Crippen LogP contribution in [0.1, 0.15) is 142 Å². The summed E-state index contributed by atoms with van der Waals surface area (Å²) < 4.78 is 59.2. The van der Waals surface area contributed by atoms with Crippen LogP contribution in [0.4, 0.5) is 0 Å². The van der Waals surface area contributed by atoms with Crippen molar-refractivity contribution < 1.29 is 56.2 Å². The molecule has 1 rings (SSSR count). The summed E-state index contributed by atoms with van der Waals surface area (Å²) in [5, 5.41) is 30.8. The maximum absolute atomic E-state index is 12.9. The second kappa shape index (κ2) is 47.7. The number of aliphatic hydroxyl groups is 3. The summed E-state index contributed by atoms with van der Waals surface area (Å²) >= 11 is 0. The summed E-state index contributed by atoms with van der Waals surface area (Å²) in [5.41, 5.74) is 0. The van der Waals surface area contributed by atoms with Gasteiger partial charge in [-0.05, 0) is 116 Å². The summed E-state index contributed by atoms with van der Waals surface area (Å²) in [6, 6.07) is 0. The number of allylic oxidation sites excluding steroid dienone is 26. The number of ether oxygens (including phenoxy) is 4. The van der Waals surface area contributed by atoms with E-state index in [4.69, 9.17) is 18.9 Å². The minimum absolute atomic E-state index is 0.0309. The van der Waals surface area contributed by atoms with E-state index in [9.17, 15) is 33.1 Å². The first-order chi connectivity index (χ1) is 35.1. The number of hydrogen-bond donors (Lipinski definition) is 4. The third-order valence-electron chi connectivity index (χ3n) is 10.6. The molecule has 0 spiro atoms. The van der Waals surface area contributed by atoms with Crippen LogP contribution in [0, 0.1) is 0 Å². The zero-order chi connectivity index (χ0) is 52.4. The molecule has 1 aliphatic rings. The Kier molecular flexibility index (Phi) is 43.6. The van der Waals surface area contributed by atoms with E-state index in [0.29, 0.717) is 19.4 Å². The van der Waals surface area contributed by atoms with Crippen LogP contribution < -0.4 is 0 Å². The van der Waals surface area contributed by atoms with Crippen molar-refractivity contribution in [1.82, 2.24) is 0 Å². The number of hydrogen-bond acceptors (Lipinski definition) is 11. The van der Waals surface area contributed by atoms with Gasteiger partial charge in [-0.15, -0.1) is 0 Å². The molecule has 1 aliphatic heterocycles. The fourth-order valence-corrected chi connectivity index (χ4v) is 7.29. The smallest absolute Gasteiger partial charge is 0.397 e. The standard InChI is InChI=1S/C59H90O12S/c1-3-5-7-9-11-13-15-17-19-21-23-25-26-27-28-29-30-32-34-36-38-40-42-44-46-48-55(61)69-53(52-68-59-57(63)58(71-72(64,65)66)56(62)54(50-60)70-59)51-67-49-47-45-43-41-39-37-35-33-31-24-22-20-18-16-14-12-10-8-6-4-2/h5-8,11-14,17-20,23-25,27-28,30-32,35-38,41,43,53-54,56-60,62-63H,3-4,9-10,15-16,21-22,26,29,33-34,39-40,42,44-52H2,1-2H3,(H,64,65,66)/b7-5-,8-6-,13-11-,14-12-,19-17-,20-18-,25-23-,28-27-,31-24-,32-30-,37-35-,38-36-,43-41-. The van der Waals surface area contributed by atoms with Gasteiger partial charge < -0.3 is 34.3 Å². The van der Waals surface area contributed by atoms with E-state index in [-0.39, 0.29) is 19.6 Å². The van der Waals surface area contributed by atoms with E-state index >= 15 is 0 Å². The topological polar surface area (TPSA) is 178 Å². The molecule has 13 heteroatoms. The molecular weight excluding hydrogens is 933 g/mol. The molecule has 0 saturated carbocycles. The molecule has 0 aliphatic carbocycles. The molecule has 404 valence electrons. The van der Waals surface area contributed by atoms with Gasteiger partial charge in [0.15, 0.2) is 6.29 Å². The summed E-state index contributed by atoms with van der Waals surface area (Å²) in [4.78, 5) is 12.9. The Morgan fingerprint density at radius 1 is 0.528 bits per heavy atom. The Labute approximate surface area is 434 Å². The fraction of sp³-hybridized carbons (Fsp3) is 0.542. The molecular formula is C59H90O12S. The van der Waals surface area contributed by atoms with Crippen molar-refractivity contribution >= 4 is 16.4 Å². The van der Waals surface area contributed by atoms with Crippen LogP contribution in [-0.4, -0.2) is 97.5 Å². The Hall–Kier alpha value is -4.28. The average molecular weight is 1020 g/mol. The average Bonchev–Trinajstić information content (AvgIpc) is 3.36. The third kappa shape index (κ3) is 40.2. The van der Waals surface area contributed by atoms with E-state index < -0.39 is 59.8 Å². The number of aliphatic hydroxyl groups excluding tert-OH is 3. The molecule has 4 N–H and O–H groups in total. The van der Waals surface area contributed by atoms with Gasteiger partial charge in [0.25, 0.3) is 0 Å². The molecule has 6 atom stereocenters. The van der Waals surface area contributed by atoms with Gasteiger partial charge in [0.05, 0.1) is 19.8 Å². The van der Waals surface area contributed by atoms with Gasteiger partial charge in [-0.1, -0.05) is 178 Å². The number of unbranched alkanes of at least 4 members (excludes halogenated alkanes) is 4. The zero-order valence-electron chi connectivity index (χ0n) is 43.4. The first-order valence-corrected chi connectivity index (χ1v) is 27.6. The Morgan fingerprint density at radius 2 is 0.917 bits per heavy atom. The molecule has 72 heavy (non-hydrogen) atoms. The fourth-order valence-electron chi connectivity index (χ4n) is 6.78. The highest BCUT2D eigenvalue weighted by Crippen LogP contribution is 2.26. The molecule has 0 radical (unpaired) electrons. The first-order valence-electron chi connectivity index (χ1n) is 26.2. The Bertz CT molecular complexity index is 1850. The Morgan fingerprint density at radius 3 is 1.31 bits per heavy atom. The van der Waals surface area contributed by atoms with Gasteiger partial charge in [0, 0.05) is 13.0 Å². The Balaban J connectivity index is 2.45. The molecule has 0 amide bonds. The molecule has 6 unspecified atom stereocenters. The zero-order valence-corrected chi connectivity index (χ0v) is 44.2. The molecule has 0 aromatic carbocycles. The normalized spacial score (nSPS) is 20.2. The summed E-state index contributed by atoms with van der Waals surface area (Å²) in [7, 11) is -5.09. The van der Waals surface area contributed by atoms with E-state index in [1.54, 1.807) is 0 Å². The van der Waals surface area contributed by atoms with Gasteiger partial charge >= 0.3 is 16.4 Å². The highest BCUT2D eigenvalue weighted by atomic mass is 32.3.